The summed E-state index contributed by atoms with van der Waals surface area (Å²) in [5.41, 5.74) is 1.19. The lowest BCUT2D eigenvalue weighted by molar-refractivity contribution is -0.112. The maximum atomic E-state index is 13.1. The largest absolute Gasteiger partial charge is 0.321 e. The highest BCUT2D eigenvalue weighted by Crippen LogP contribution is 2.25. The molecular formula is C21H27F2N3O. The summed E-state index contributed by atoms with van der Waals surface area (Å²) in [6, 6.07) is 5.32. The molecule has 0 saturated carbocycles. The van der Waals surface area contributed by atoms with E-state index in [0.29, 0.717) is 11.6 Å². The molecule has 0 aromatic heterocycles. The highest BCUT2D eigenvalue weighted by atomic mass is 19.3. The van der Waals surface area contributed by atoms with E-state index in [9.17, 15) is 13.6 Å². The molecule has 0 aliphatic rings. The molecule has 6 heteroatoms. The SMILES string of the molecule is C=Cc1cccc(NC(=O)/C(=C/N(C)N)C(=C)C(F)F)c1/C=C\CC(C)C. The minimum Gasteiger partial charge on any atom is -0.321 e. The van der Waals surface area contributed by atoms with Crippen LogP contribution in [0.2, 0.25) is 0 Å². The van der Waals surface area contributed by atoms with Crippen molar-refractivity contribution in [1.82, 2.24) is 5.01 Å². The predicted octanol–water partition coefficient (Wildman–Crippen LogP) is 4.84. The van der Waals surface area contributed by atoms with E-state index in [1.807, 2.05) is 18.2 Å². The van der Waals surface area contributed by atoms with Crippen LogP contribution in [0.4, 0.5) is 14.5 Å². The Morgan fingerprint density at radius 1 is 1.37 bits per heavy atom. The highest BCUT2D eigenvalue weighted by molar-refractivity contribution is 6.08. The first-order valence-corrected chi connectivity index (χ1v) is 8.57. The third kappa shape index (κ3) is 6.83. The monoisotopic (exact) mass is 375 g/mol. The Balaban J connectivity index is 3.25. The van der Waals surface area contributed by atoms with Gasteiger partial charge >= 0.3 is 0 Å². The second-order valence-corrected chi connectivity index (χ2v) is 6.53. The number of carbonyl (C=O) groups is 1. The number of nitrogens with two attached hydrogens (primary N) is 1. The summed E-state index contributed by atoms with van der Waals surface area (Å²) in [6.07, 6.45) is 4.69. The summed E-state index contributed by atoms with van der Waals surface area (Å²) in [5, 5.41) is 3.72. The molecule has 146 valence electrons. The van der Waals surface area contributed by atoms with Gasteiger partial charge < -0.3 is 10.3 Å². The van der Waals surface area contributed by atoms with Crippen LogP contribution in [0.1, 0.15) is 31.4 Å². The van der Waals surface area contributed by atoms with Gasteiger partial charge in [0, 0.05) is 30.1 Å². The van der Waals surface area contributed by atoms with E-state index < -0.39 is 17.9 Å². The van der Waals surface area contributed by atoms with Gasteiger partial charge in [-0.1, -0.05) is 57.4 Å². The first-order chi connectivity index (χ1) is 12.7. The molecule has 4 nitrogen and oxygen atoms in total. The van der Waals surface area contributed by atoms with E-state index in [2.05, 4.69) is 32.3 Å². The van der Waals surface area contributed by atoms with E-state index in [-0.39, 0.29) is 5.57 Å². The standard InChI is InChI=1S/C21H27F2N3O/c1-6-16-10-8-12-19(17(16)11-7-9-14(2)3)25-21(27)18(13-26(5)24)15(4)20(22)23/h6-8,10-14,20H,1,4,9,24H2,2-3,5H3,(H,25,27)/b11-7-,18-13+. The summed E-state index contributed by atoms with van der Waals surface area (Å²) in [6.45, 7) is 11.3. The average Bonchev–Trinajstić information content (AvgIpc) is 2.59. The van der Waals surface area contributed by atoms with Crippen LogP contribution in [-0.4, -0.2) is 24.4 Å². The molecule has 0 aliphatic heterocycles. The molecule has 1 aromatic rings. The second-order valence-electron chi connectivity index (χ2n) is 6.53. The molecule has 3 N–H and O–H groups in total. The minimum atomic E-state index is -2.87. The van der Waals surface area contributed by atoms with Crippen molar-refractivity contribution < 1.29 is 13.6 Å². The third-order valence-corrected chi connectivity index (χ3v) is 3.69. The van der Waals surface area contributed by atoms with Crippen molar-refractivity contribution in [3.8, 4) is 0 Å². The number of allylic oxidation sites excluding steroid dienone is 1. The number of nitrogens with zero attached hydrogens (tertiary/aromatic N) is 1. The van der Waals surface area contributed by atoms with Crippen LogP contribution in [0.3, 0.4) is 0 Å². The maximum Gasteiger partial charge on any atom is 0.264 e. The van der Waals surface area contributed by atoms with Crippen LogP contribution in [0.25, 0.3) is 12.2 Å². The molecule has 0 heterocycles. The van der Waals surface area contributed by atoms with Gasteiger partial charge in [0.2, 0.25) is 0 Å². The predicted molar refractivity (Wildman–Crippen MR) is 109 cm³/mol. The van der Waals surface area contributed by atoms with E-state index >= 15 is 0 Å². The number of hydrogen-bond acceptors (Lipinski definition) is 3. The van der Waals surface area contributed by atoms with E-state index in [4.69, 9.17) is 5.84 Å². The highest BCUT2D eigenvalue weighted by Gasteiger charge is 2.21. The van der Waals surface area contributed by atoms with Gasteiger partial charge in [0.15, 0.2) is 0 Å². The smallest absolute Gasteiger partial charge is 0.264 e. The van der Waals surface area contributed by atoms with Crippen molar-refractivity contribution in [3.63, 3.8) is 0 Å². The van der Waals surface area contributed by atoms with Gasteiger partial charge in [-0.3, -0.25) is 4.79 Å². The van der Waals surface area contributed by atoms with Crippen molar-refractivity contribution in [3.05, 3.63) is 65.9 Å². The van der Waals surface area contributed by atoms with Gasteiger partial charge in [-0.2, -0.15) is 0 Å². The molecule has 1 amide bonds. The number of hydrazine groups is 1. The Morgan fingerprint density at radius 2 is 2.04 bits per heavy atom. The Kier molecular flexibility index (Phi) is 8.62. The number of carbonyl (C=O) groups excluding carboxylic acids is 1. The number of rotatable bonds is 9. The fraction of sp³-hybridized carbons (Fsp3) is 0.286. The van der Waals surface area contributed by atoms with Crippen LogP contribution < -0.4 is 11.2 Å². The van der Waals surface area contributed by atoms with Gasteiger partial charge in [0.05, 0.1) is 5.57 Å². The minimum absolute atomic E-state index is 0.281. The Labute approximate surface area is 159 Å². The number of halogens is 2. The fourth-order valence-electron chi connectivity index (χ4n) is 2.31. The van der Waals surface area contributed by atoms with Crippen molar-refractivity contribution >= 4 is 23.7 Å². The first kappa shape index (κ1) is 22.3. The van der Waals surface area contributed by atoms with Crippen molar-refractivity contribution in [2.75, 3.05) is 12.4 Å². The number of hydrogen-bond donors (Lipinski definition) is 2. The van der Waals surface area contributed by atoms with Gasteiger partial charge in [-0.25, -0.2) is 14.6 Å². The average molecular weight is 375 g/mol. The molecule has 1 aromatic carbocycles. The normalized spacial score (nSPS) is 11.9. The molecule has 27 heavy (non-hydrogen) atoms. The lowest BCUT2D eigenvalue weighted by Crippen LogP contribution is -2.25. The van der Waals surface area contributed by atoms with Crippen LogP contribution in [0.5, 0.6) is 0 Å². The number of anilines is 1. The fourth-order valence-corrected chi connectivity index (χ4v) is 2.31. The van der Waals surface area contributed by atoms with Crippen LogP contribution >= 0.6 is 0 Å². The molecule has 0 atom stereocenters. The number of alkyl halides is 2. The molecule has 1 rings (SSSR count). The molecule has 0 saturated heterocycles. The van der Waals surface area contributed by atoms with Gasteiger partial charge in [0.1, 0.15) is 0 Å². The number of benzene rings is 1. The Hall–Kier alpha value is -2.73. The van der Waals surface area contributed by atoms with Crippen LogP contribution in [0.15, 0.2) is 54.8 Å². The summed E-state index contributed by atoms with van der Waals surface area (Å²) < 4.78 is 26.1. The van der Waals surface area contributed by atoms with Crippen molar-refractivity contribution in [2.24, 2.45) is 11.8 Å². The topological polar surface area (TPSA) is 58.4 Å². The van der Waals surface area contributed by atoms with E-state index in [1.165, 1.54) is 7.05 Å². The lowest BCUT2D eigenvalue weighted by atomic mass is 10.0. The summed E-state index contributed by atoms with van der Waals surface area (Å²) in [4.78, 5) is 12.6. The third-order valence-electron chi connectivity index (χ3n) is 3.69. The molecule has 0 fully saturated rings. The Bertz CT molecular complexity index is 750. The molecule has 0 spiro atoms. The molecule has 0 aliphatic carbocycles. The van der Waals surface area contributed by atoms with Crippen LogP contribution in [0, 0.1) is 5.92 Å². The van der Waals surface area contributed by atoms with E-state index in [1.54, 1.807) is 18.2 Å². The van der Waals surface area contributed by atoms with Crippen molar-refractivity contribution in [1.29, 1.82) is 0 Å². The number of nitrogens with one attached hydrogen (secondary N) is 1. The molecule has 0 radical (unpaired) electrons. The van der Waals surface area contributed by atoms with Crippen LogP contribution in [-0.2, 0) is 4.79 Å². The van der Waals surface area contributed by atoms with Gasteiger partial charge in [0.25, 0.3) is 12.3 Å². The van der Waals surface area contributed by atoms with Gasteiger partial charge in [-0.15, -0.1) is 0 Å². The van der Waals surface area contributed by atoms with Crippen molar-refractivity contribution in [2.45, 2.75) is 26.7 Å². The summed E-state index contributed by atoms with van der Waals surface area (Å²) in [7, 11) is 1.43. The number of amides is 1. The molecule has 0 unspecified atom stereocenters. The zero-order chi connectivity index (χ0) is 20.6. The van der Waals surface area contributed by atoms with E-state index in [0.717, 1.165) is 28.8 Å². The molecule has 0 bridgehead atoms. The quantitative estimate of drug-likeness (QED) is 0.281. The maximum absolute atomic E-state index is 13.1. The zero-order valence-electron chi connectivity index (χ0n) is 16.0. The molecular weight excluding hydrogens is 348 g/mol. The Morgan fingerprint density at radius 3 is 2.56 bits per heavy atom. The zero-order valence-corrected chi connectivity index (χ0v) is 16.0. The first-order valence-electron chi connectivity index (χ1n) is 8.57. The lowest BCUT2D eigenvalue weighted by Gasteiger charge is -2.16. The summed E-state index contributed by atoms with van der Waals surface area (Å²) in [5.74, 6) is 5.27. The van der Waals surface area contributed by atoms with Gasteiger partial charge in [-0.05, 0) is 24.0 Å². The summed E-state index contributed by atoms with van der Waals surface area (Å²) >= 11 is 0. The second kappa shape index (κ2) is 10.4.